The molecule has 0 radical (unpaired) electrons. The molecular formula is C16H30O3. The third kappa shape index (κ3) is 5.64. The largest absolute Gasteiger partial charge is 0.387 e. The van der Waals surface area contributed by atoms with Crippen LogP contribution in [0.25, 0.3) is 0 Å². The van der Waals surface area contributed by atoms with E-state index < -0.39 is 6.10 Å². The van der Waals surface area contributed by atoms with Gasteiger partial charge in [-0.15, -0.1) is 0 Å². The van der Waals surface area contributed by atoms with Crippen molar-refractivity contribution in [2.24, 2.45) is 5.92 Å². The van der Waals surface area contributed by atoms with Gasteiger partial charge in [-0.1, -0.05) is 51.7 Å². The number of hydrogen-bond donors (Lipinski definition) is 1. The lowest BCUT2D eigenvalue weighted by molar-refractivity contribution is -0.155. The van der Waals surface area contributed by atoms with Crippen LogP contribution in [-0.2, 0) is 9.47 Å². The Morgan fingerprint density at radius 2 is 2.00 bits per heavy atom. The minimum atomic E-state index is -0.551. The van der Waals surface area contributed by atoms with E-state index in [1.807, 2.05) is 13.0 Å². The number of methoxy groups -OCH3 is 1. The summed E-state index contributed by atoms with van der Waals surface area (Å²) in [4.78, 5) is 0. The number of aliphatic hydroxyl groups is 1. The Morgan fingerprint density at radius 1 is 1.26 bits per heavy atom. The summed E-state index contributed by atoms with van der Waals surface area (Å²) in [6, 6.07) is 0. The molecule has 1 N–H and O–H groups in total. The lowest BCUT2D eigenvalue weighted by Gasteiger charge is -2.36. The molecule has 1 fully saturated rings. The first-order chi connectivity index (χ1) is 9.20. The van der Waals surface area contributed by atoms with Crippen LogP contribution in [0.2, 0.25) is 0 Å². The second-order valence-corrected chi connectivity index (χ2v) is 5.60. The van der Waals surface area contributed by atoms with Crippen LogP contribution in [0.5, 0.6) is 0 Å². The number of allylic oxidation sites excluding steroid dienone is 1. The van der Waals surface area contributed by atoms with Crippen LogP contribution in [-0.4, -0.2) is 37.1 Å². The van der Waals surface area contributed by atoms with Gasteiger partial charge in [-0.3, -0.25) is 0 Å². The third-order valence-corrected chi connectivity index (χ3v) is 3.86. The number of rotatable bonds is 8. The molecule has 0 aromatic carbocycles. The predicted octanol–water partition coefficient (Wildman–Crippen LogP) is 3.31. The molecule has 3 heteroatoms. The summed E-state index contributed by atoms with van der Waals surface area (Å²) in [5.74, 6) is 0.249. The maximum absolute atomic E-state index is 10.2. The van der Waals surface area contributed by atoms with Gasteiger partial charge in [0.2, 0.25) is 0 Å². The number of unbranched alkanes of at least 4 members (excludes halogenated alkanes) is 5. The van der Waals surface area contributed by atoms with Gasteiger partial charge in [-0.05, 0) is 12.8 Å². The molecule has 112 valence electrons. The van der Waals surface area contributed by atoms with Gasteiger partial charge >= 0.3 is 0 Å². The van der Waals surface area contributed by atoms with Gasteiger partial charge in [-0.2, -0.15) is 0 Å². The second kappa shape index (κ2) is 9.51. The van der Waals surface area contributed by atoms with Gasteiger partial charge in [-0.25, -0.2) is 0 Å². The average molecular weight is 270 g/mol. The van der Waals surface area contributed by atoms with Gasteiger partial charge in [0.15, 0.2) is 0 Å². The molecule has 1 saturated heterocycles. The Hall–Kier alpha value is -0.380. The Balaban J connectivity index is 2.24. The van der Waals surface area contributed by atoms with Crippen molar-refractivity contribution in [2.45, 2.75) is 70.7 Å². The monoisotopic (exact) mass is 270 g/mol. The molecule has 1 rings (SSSR count). The van der Waals surface area contributed by atoms with Crippen LogP contribution in [0.15, 0.2) is 12.2 Å². The topological polar surface area (TPSA) is 38.7 Å². The smallest absolute Gasteiger partial charge is 0.110 e. The first kappa shape index (κ1) is 16.7. The van der Waals surface area contributed by atoms with Crippen LogP contribution in [0.4, 0.5) is 0 Å². The highest BCUT2D eigenvalue weighted by atomic mass is 16.5. The molecule has 0 bridgehead atoms. The average Bonchev–Trinajstić information content (AvgIpc) is 2.40. The van der Waals surface area contributed by atoms with Crippen LogP contribution < -0.4 is 0 Å². The summed E-state index contributed by atoms with van der Waals surface area (Å²) >= 11 is 0. The van der Waals surface area contributed by atoms with Gasteiger partial charge in [0.05, 0.1) is 12.7 Å². The zero-order valence-electron chi connectivity index (χ0n) is 12.7. The number of aliphatic hydroxyl groups excluding tert-OH is 1. The zero-order valence-corrected chi connectivity index (χ0v) is 12.7. The molecule has 1 heterocycles. The lowest BCUT2D eigenvalue weighted by atomic mass is 9.93. The van der Waals surface area contributed by atoms with E-state index in [4.69, 9.17) is 9.47 Å². The fourth-order valence-electron chi connectivity index (χ4n) is 2.62. The predicted molar refractivity (Wildman–Crippen MR) is 78.2 cm³/mol. The van der Waals surface area contributed by atoms with E-state index in [-0.39, 0.29) is 18.1 Å². The van der Waals surface area contributed by atoms with Crippen LogP contribution >= 0.6 is 0 Å². The highest BCUT2D eigenvalue weighted by molar-refractivity contribution is 4.99. The molecule has 0 aromatic heterocycles. The molecule has 3 nitrogen and oxygen atoms in total. The zero-order chi connectivity index (χ0) is 14.1. The summed E-state index contributed by atoms with van der Waals surface area (Å²) in [6.45, 7) is 4.93. The molecule has 4 atom stereocenters. The molecule has 1 aliphatic heterocycles. The van der Waals surface area contributed by atoms with Crippen molar-refractivity contribution in [3.8, 4) is 0 Å². The minimum Gasteiger partial charge on any atom is -0.387 e. The van der Waals surface area contributed by atoms with Crippen LogP contribution in [0, 0.1) is 5.92 Å². The summed E-state index contributed by atoms with van der Waals surface area (Å²) in [5, 5.41) is 10.2. The van der Waals surface area contributed by atoms with E-state index >= 15 is 0 Å². The van der Waals surface area contributed by atoms with E-state index in [0.29, 0.717) is 6.61 Å². The van der Waals surface area contributed by atoms with Crippen LogP contribution in [0.1, 0.15) is 52.4 Å². The molecule has 0 spiro atoms. The fraction of sp³-hybridized carbons (Fsp3) is 0.875. The Morgan fingerprint density at radius 3 is 2.68 bits per heavy atom. The van der Waals surface area contributed by atoms with E-state index in [1.54, 1.807) is 7.11 Å². The summed E-state index contributed by atoms with van der Waals surface area (Å²) in [6.07, 6.45) is 10.8. The molecule has 0 amide bonds. The molecule has 0 saturated carbocycles. The minimum absolute atomic E-state index is 0.118. The van der Waals surface area contributed by atoms with Gasteiger partial charge in [0.25, 0.3) is 0 Å². The van der Waals surface area contributed by atoms with Crippen molar-refractivity contribution >= 4 is 0 Å². The van der Waals surface area contributed by atoms with Gasteiger partial charge in [0.1, 0.15) is 12.2 Å². The maximum atomic E-state index is 10.2. The van der Waals surface area contributed by atoms with Crippen molar-refractivity contribution in [1.29, 1.82) is 0 Å². The molecule has 0 unspecified atom stereocenters. The Labute approximate surface area is 118 Å². The first-order valence-electron chi connectivity index (χ1n) is 7.69. The van der Waals surface area contributed by atoms with Crippen molar-refractivity contribution in [3.63, 3.8) is 0 Å². The van der Waals surface area contributed by atoms with Crippen LogP contribution in [0.3, 0.4) is 0 Å². The van der Waals surface area contributed by atoms with Crippen molar-refractivity contribution in [1.82, 2.24) is 0 Å². The Kier molecular flexibility index (Phi) is 8.35. The highest BCUT2D eigenvalue weighted by Gasteiger charge is 2.35. The van der Waals surface area contributed by atoms with E-state index in [0.717, 1.165) is 6.42 Å². The van der Waals surface area contributed by atoms with Crippen molar-refractivity contribution < 1.29 is 14.6 Å². The third-order valence-electron chi connectivity index (χ3n) is 3.86. The van der Waals surface area contributed by atoms with E-state index in [2.05, 4.69) is 13.0 Å². The maximum Gasteiger partial charge on any atom is 0.110 e. The summed E-state index contributed by atoms with van der Waals surface area (Å²) in [7, 11) is 1.66. The first-order valence-corrected chi connectivity index (χ1v) is 7.69. The normalized spacial score (nSPS) is 32.0. The van der Waals surface area contributed by atoms with Crippen molar-refractivity contribution in [3.05, 3.63) is 12.2 Å². The standard InChI is InChI=1S/C16H30O3/c1-4-5-6-7-8-9-10-11-14-15(17)16(18-3)13(2)12-19-14/h10-11,13-17H,4-9,12H2,1-3H3/t13-,14-,15-,16-/m0/s1. The molecule has 0 aromatic rings. The Bertz CT molecular complexity index is 252. The molecular weight excluding hydrogens is 240 g/mol. The lowest BCUT2D eigenvalue weighted by Crippen LogP contribution is -2.49. The highest BCUT2D eigenvalue weighted by Crippen LogP contribution is 2.23. The SMILES string of the molecule is CCCCCCCC=C[C@@H]1OC[C@H](C)[C@H](OC)[C@H]1O. The molecule has 19 heavy (non-hydrogen) atoms. The summed E-state index contributed by atoms with van der Waals surface area (Å²) < 4.78 is 11.0. The molecule has 1 aliphatic rings. The second-order valence-electron chi connectivity index (χ2n) is 5.60. The van der Waals surface area contributed by atoms with Gasteiger partial charge in [0, 0.05) is 13.0 Å². The number of hydrogen-bond acceptors (Lipinski definition) is 3. The molecule has 0 aliphatic carbocycles. The number of ether oxygens (including phenoxy) is 2. The van der Waals surface area contributed by atoms with Gasteiger partial charge < -0.3 is 14.6 Å². The quantitative estimate of drug-likeness (QED) is 0.543. The fourth-order valence-corrected chi connectivity index (χ4v) is 2.62. The van der Waals surface area contributed by atoms with E-state index in [1.165, 1.54) is 32.1 Å². The summed E-state index contributed by atoms with van der Waals surface area (Å²) in [5.41, 5.74) is 0. The van der Waals surface area contributed by atoms with E-state index in [9.17, 15) is 5.11 Å². The van der Waals surface area contributed by atoms with Crippen molar-refractivity contribution in [2.75, 3.05) is 13.7 Å².